The number of hydrogen-bond donors (Lipinski definition) is 3. The van der Waals surface area contributed by atoms with Crippen LogP contribution in [0.5, 0.6) is 0 Å². The van der Waals surface area contributed by atoms with Gasteiger partial charge in [0.15, 0.2) is 0 Å². The van der Waals surface area contributed by atoms with E-state index in [0.29, 0.717) is 5.82 Å². The van der Waals surface area contributed by atoms with E-state index >= 15 is 0 Å². The zero-order valence-electron chi connectivity index (χ0n) is 13.2. The number of aryl methyl sites for hydroxylation is 2. The van der Waals surface area contributed by atoms with Gasteiger partial charge in [0, 0.05) is 23.1 Å². The molecule has 0 aliphatic carbocycles. The maximum atomic E-state index is 6.27. The predicted octanol–water partition coefficient (Wildman–Crippen LogP) is 3.67. The average Bonchev–Trinajstić information content (AvgIpc) is 2.52. The van der Waals surface area contributed by atoms with Crippen molar-refractivity contribution in [2.45, 2.75) is 13.8 Å². The molecule has 5 nitrogen and oxygen atoms in total. The molecule has 3 rings (SSSR count). The third-order valence-corrected chi connectivity index (χ3v) is 3.70. The van der Waals surface area contributed by atoms with Gasteiger partial charge in [0.05, 0.1) is 0 Å². The summed E-state index contributed by atoms with van der Waals surface area (Å²) in [6.07, 6.45) is 1.62. The molecule has 23 heavy (non-hydrogen) atoms. The van der Waals surface area contributed by atoms with Crippen molar-refractivity contribution < 1.29 is 0 Å². The molecule has 3 aromatic rings. The quantitative estimate of drug-likeness (QED) is 0.642. The van der Waals surface area contributed by atoms with Crippen molar-refractivity contribution in [1.82, 2.24) is 9.97 Å². The summed E-state index contributed by atoms with van der Waals surface area (Å²) in [5.74, 6) is 0.887. The predicted molar refractivity (Wildman–Crippen MR) is 95.5 cm³/mol. The van der Waals surface area contributed by atoms with E-state index in [1.54, 1.807) is 12.3 Å². The van der Waals surface area contributed by atoms with Crippen LogP contribution in [0.15, 0.2) is 48.7 Å². The Morgan fingerprint density at radius 3 is 2.39 bits per heavy atom. The smallest absolute Gasteiger partial charge is 0.221 e. The maximum Gasteiger partial charge on any atom is 0.221 e. The lowest BCUT2D eigenvalue weighted by molar-refractivity contribution is 1.18. The monoisotopic (exact) mass is 305 g/mol. The van der Waals surface area contributed by atoms with Crippen molar-refractivity contribution in [3.8, 4) is 11.1 Å². The van der Waals surface area contributed by atoms with Gasteiger partial charge in [-0.05, 0) is 43.2 Å². The minimum absolute atomic E-state index is 0.237. The molecule has 0 amide bonds. The summed E-state index contributed by atoms with van der Waals surface area (Å²) in [7, 11) is 0. The van der Waals surface area contributed by atoms with Crippen molar-refractivity contribution in [2.24, 2.45) is 0 Å². The first kappa shape index (κ1) is 14.8. The minimum atomic E-state index is 0.237. The lowest BCUT2D eigenvalue weighted by atomic mass is 9.99. The van der Waals surface area contributed by atoms with Gasteiger partial charge in [0.2, 0.25) is 5.95 Å². The molecule has 0 bridgehead atoms. The number of benzene rings is 2. The Labute approximate surface area is 135 Å². The summed E-state index contributed by atoms with van der Waals surface area (Å²) in [5.41, 5.74) is 17.9. The number of anilines is 4. The molecule has 5 N–H and O–H groups in total. The Morgan fingerprint density at radius 2 is 1.70 bits per heavy atom. The van der Waals surface area contributed by atoms with Crippen molar-refractivity contribution in [2.75, 3.05) is 16.8 Å². The Morgan fingerprint density at radius 1 is 0.957 bits per heavy atom. The largest absolute Gasteiger partial charge is 0.398 e. The molecule has 1 aromatic heterocycles. The fraction of sp³-hybridized carbons (Fsp3) is 0.111. The second-order valence-electron chi connectivity index (χ2n) is 5.55. The summed E-state index contributed by atoms with van der Waals surface area (Å²) in [6, 6.07) is 14.1. The van der Waals surface area contributed by atoms with Crippen molar-refractivity contribution >= 4 is 23.1 Å². The number of nitrogen functional groups attached to an aromatic ring is 2. The van der Waals surface area contributed by atoms with Gasteiger partial charge in [0.1, 0.15) is 5.82 Å². The topological polar surface area (TPSA) is 89.8 Å². The Bertz CT molecular complexity index is 841. The molecule has 0 saturated heterocycles. The first-order valence-electron chi connectivity index (χ1n) is 7.35. The van der Waals surface area contributed by atoms with E-state index in [-0.39, 0.29) is 5.95 Å². The Balaban J connectivity index is 2.01. The SMILES string of the molecule is Cc1ccc(-c2cc(Nc3ccnc(N)n3)cc(C)c2N)cc1. The normalized spacial score (nSPS) is 10.5. The van der Waals surface area contributed by atoms with Gasteiger partial charge in [-0.3, -0.25) is 0 Å². The molecule has 0 radical (unpaired) electrons. The molecule has 1 heterocycles. The average molecular weight is 305 g/mol. The molecule has 116 valence electrons. The van der Waals surface area contributed by atoms with Crippen LogP contribution in [-0.4, -0.2) is 9.97 Å². The molecule has 0 saturated carbocycles. The summed E-state index contributed by atoms with van der Waals surface area (Å²) in [4.78, 5) is 8.05. The van der Waals surface area contributed by atoms with Gasteiger partial charge in [-0.15, -0.1) is 0 Å². The fourth-order valence-electron chi connectivity index (χ4n) is 2.43. The molecule has 2 aromatic carbocycles. The van der Waals surface area contributed by atoms with Gasteiger partial charge in [-0.1, -0.05) is 29.8 Å². The van der Waals surface area contributed by atoms with Crippen LogP contribution in [0.2, 0.25) is 0 Å². The highest BCUT2D eigenvalue weighted by Crippen LogP contribution is 2.33. The number of nitrogens with two attached hydrogens (primary N) is 2. The highest BCUT2D eigenvalue weighted by Gasteiger charge is 2.08. The van der Waals surface area contributed by atoms with E-state index in [9.17, 15) is 0 Å². The van der Waals surface area contributed by atoms with Crippen LogP contribution in [0.4, 0.5) is 23.1 Å². The van der Waals surface area contributed by atoms with E-state index in [1.807, 2.05) is 19.1 Å². The lowest BCUT2D eigenvalue weighted by Crippen LogP contribution is -2.01. The van der Waals surface area contributed by atoms with Gasteiger partial charge in [-0.2, -0.15) is 4.98 Å². The summed E-state index contributed by atoms with van der Waals surface area (Å²) >= 11 is 0. The van der Waals surface area contributed by atoms with Crippen molar-refractivity contribution in [3.63, 3.8) is 0 Å². The van der Waals surface area contributed by atoms with Crippen LogP contribution in [-0.2, 0) is 0 Å². The molecule has 0 aliphatic heterocycles. The highest BCUT2D eigenvalue weighted by molar-refractivity contribution is 5.83. The van der Waals surface area contributed by atoms with Crippen LogP contribution in [0, 0.1) is 13.8 Å². The van der Waals surface area contributed by atoms with Crippen LogP contribution in [0.3, 0.4) is 0 Å². The maximum absolute atomic E-state index is 6.27. The van der Waals surface area contributed by atoms with Gasteiger partial charge >= 0.3 is 0 Å². The third-order valence-electron chi connectivity index (χ3n) is 3.70. The van der Waals surface area contributed by atoms with Crippen LogP contribution >= 0.6 is 0 Å². The minimum Gasteiger partial charge on any atom is -0.398 e. The van der Waals surface area contributed by atoms with Crippen molar-refractivity contribution in [1.29, 1.82) is 0 Å². The number of hydrogen-bond acceptors (Lipinski definition) is 5. The number of nitrogens with zero attached hydrogens (tertiary/aromatic N) is 2. The van der Waals surface area contributed by atoms with Crippen LogP contribution < -0.4 is 16.8 Å². The first-order chi connectivity index (χ1) is 11.0. The molecule has 0 spiro atoms. The summed E-state index contributed by atoms with van der Waals surface area (Å²) in [6.45, 7) is 4.06. The fourth-order valence-corrected chi connectivity index (χ4v) is 2.43. The molecule has 0 unspecified atom stereocenters. The van der Waals surface area contributed by atoms with E-state index in [2.05, 4.69) is 46.5 Å². The van der Waals surface area contributed by atoms with Gasteiger partial charge < -0.3 is 16.8 Å². The van der Waals surface area contributed by atoms with Crippen molar-refractivity contribution in [3.05, 3.63) is 59.8 Å². The van der Waals surface area contributed by atoms with Gasteiger partial charge in [-0.25, -0.2) is 4.98 Å². The van der Waals surface area contributed by atoms with E-state index in [1.165, 1.54) is 5.56 Å². The molecular weight excluding hydrogens is 286 g/mol. The zero-order valence-corrected chi connectivity index (χ0v) is 13.2. The van der Waals surface area contributed by atoms with Crippen LogP contribution in [0.25, 0.3) is 11.1 Å². The second-order valence-corrected chi connectivity index (χ2v) is 5.55. The lowest BCUT2D eigenvalue weighted by Gasteiger charge is -2.14. The molecule has 5 heteroatoms. The van der Waals surface area contributed by atoms with E-state index in [4.69, 9.17) is 11.5 Å². The summed E-state index contributed by atoms with van der Waals surface area (Å²) < 4.78 is 0. The molecule has 0 fully saturated rings. The van der Waals surface area contributed by atoms with E-state index in [0.717, 1.165) is 28.1 Å². The van der Waals surface area contributed by atoms with Crippen LogP contribution in [0.1, 0.15) is 11.1 Å². The zero-order chi connectivity index (χ0) is 16.4. The standard InChI is InChI=1S/C18H19N5/c1-11-3-5-13(6-4-11)15-10-14(9-12(2)17(15)19)22-16-7-8-21-18(20)23-16/h3-10H,19H2,1-2H3,(H3,20,21,22,23). The first-order valence-corrected chi connectivity index (χ1v) is 7.35. The number of rotatable bonds is 3. The number of aromatic nitrogens is 2. The van der Waals surface area contributed by atoms with Gasteiger partial charge in [0.25, 0.3) is 0 Å². The summed E-state index contributed by atoms with van der Waals surface area (Å²) in [5, 5.41) is 3.25. The second kappa shape index (κ2) is 5.96. The molecule has 0 aliphatic rings. The third kappa shape index (κ3) is 3.23. The Kier molecular flexibility index (Phi) is 3.85. The molecular formula is C18H19N5. The Hall–Kier alpha value is -3.08. The van der Waals surface area contributed by atoms with E-state index < -0.39 is 0 Å². The molecule has 0 atom stereocenters. The highest BCUT2D eigenvalue weighted by atomic mass is 15.1. The number of nitrogens with one attached hydrogen (secondary N) is 1.